The van der Waals surface area contributed by atoms with E-state index < -0.39 is 5.97 Å². The maximum absolute atomic E-state index is 10.8. The Bertz CT molecular complexity index is 633. The van der Waals surface area contributed by atoms with E-state index in [2.05, 4.69) is 20.9 Å². The predicted molar refractivity (Wildman–Crippen MR) is 82.0 cm³/mol. The maximum atomic E-state index is 10.8. The summed E-state index contributed by atoms with van der Waals surface area (Å²) < 4.78 is 2.55. The van der Waals surface area contributed by atoms with Crippen LogP contribution in [0.2, 0.25) is 0 Å². The second-order valence-electron chi connectivity index (χ2n) is 4.74. The van der Waals surface area contributed by atoms with Gasteiger partial charge in [0.05, 0.1) is 12.1 Å². The number of hydrogen-bond donors (Lipinski definition) is 1. The molecule has 0 unspecified atom stereocenters. The SMILES string of the molecule is CN(C)c1ccc(-c2nc(CC(=O)O)c(Br)n2C)cc1. The molecule has 2 rings (SSSR count). The van der Waals surface area contributed by atoms with Crippen molar-refractivity contribution in [2.75, 3.05) is 19.0 Å². The highest BCUT2D eigenvalue weighted by Gasteiger charge is 2.16. The van der Waals surface area contributed by atoms with Crippen LogP contribution in [-0.2, 0) is 18.3 Å². The molecule has 0 aliphatic carbocycles. The Morgan fingerprint density at radius 2 is 1.95 bits per heavy atom. The highest BCUT2D eigenvalue weighted by atomic mass is 79.9. The molecule has 0 aliphatic heterocycles. The molecule has 0 bridgehead atoms. The first-order valence-corrected chi connectivity index (χ1v) is 6.90. The molecule has 106 valence electrons. The van der Waals surface area contributed by atoms with Crippen molar-refractivity contribution in [2.45, 2.75) is 6.42 Å². The van der Waals surface area contributed by atoms with Gasteiger partial charge < -0.3 is 14.6 Å². The number of hydrogen-bond acceptors (Lipinski definition) is 3. The Balaban J connectivity index is 2.39. The molecule has 0 spiro atoms. The van der Waals surface area contributed by atoms with Gasteiger partial charge in [-0.05, 0) is 40.2 Å². The normalized spacial score (nSPS) is 10.6. The van der Waals surface area contributed by atoms with Crippen LogP contribution in [-0.4, -0.2) is 34.7 Å². The molecule has 0 saturated heterocycles. The van der Waals surface area contributed by atoms with E-state index >= 15 is 0 Å². The fraction of sp³-hybridized carbons (Fsp3) is 0.286. The number of carboxylic acids is 1. The summed E-state index contributed by atoms with van der Waals surface area (Å²) in [4.78, 5) is 17.3. The van der Waals surface area contributed by atoms with Gasteiger partial charge in [0, 0.05) is 32.4 Å². The number of halogens is 1. The molecule has 0 aliphatic rings. The third kappa shape index (κ3) is 2.85. The predicted octanol–water partition coefficient (Wildman–Crippen LogP) is 2.54. The van der Waals surface area contributed by atoms with Gasteiger partial charge in [-0.1, -0.05) is 0 Å². The number of rotatable bonds is 4. The van der Waals surface area contributed by atoms with E-state index in [1.54, 1.807) is 0 Å². The number of anilines is 1. The fourth-order valence-corrected chi connectivity index (χ4v) is 2.35. The van der Waals surface area contributed by atoms with Crippen molar-refractivity contribution in [1.82, 2.24) is 9.55 Å². The van der Waals surface area contributed by atoms with Crippen molar-refractivity contribution in [3.05, 3.63) is 34.6 Å². The van der Waals surface area contributed by atoms with E-state index in [4.69, 9.17) is 5.11 Å². The molecule has 0 saturated carbocycles. The molecule has 0 radical (unpaired) electrons. The number of carboxylic acid groups (broad SMARTS) is 1. The van der Waals surface area contributed by atoms with Gasteiger partial charge in [0.1, 0.15) is 10.4 Å². The van der Waals surface area contributed by atoms with Crippen LogP contribution in [0.15, 0.2) is 28.9 Å². The first-order valence-electron chi connectivity index (χ1n) is 6.10. The monoisotopic (exact) mass is 337 g/mol. The Kier molecular flexibility index (Phi) is 4.13. The topological polar surface area (TPSA) is 58.4 Å². The van der Waals surface area contributed by atoms with Crippen LogP contribution in [0.4, 0.5) is 5.69 Å². The van der Waals surface area contributed by atoms with Gasteiger partial charge in [-0.15, -0.1) is 0 Å². The smallest absolute Gasteiger partial charge is 0.309 e. The highest BCUT2D eigenvalue weighted by Crippen LogP contribution is 2.27. The van der Waals surface area contributed by atoms with Crippen molar-refractivity contribution in [2.24, 2.45) is 7.05 Å². The summed E-state index contributed by atoms with van der Waals surface area (Å²) in [5, 5.41) is 8.88. The Labute approximate surface area is 126 Å². The van der Waals surface area contributed by atoms with Gasteiger partial charge in [-0.3, -0.25) is 4.79 Å². The van der Waals surface area contributed by atoms with Crippen molar-refractivity contribution in [3.8, 4) is 11.4 Å². The third-order valence-corrected chi connectivity index (χ3v) is 4.04. The molecule has 20 heavy (non-hydrogen) atoms. The lowest BCUT2D eigenvalue weighted by Crippen LogP contribution is -2.08. The molecular formula is C14H16BrN3O2. The lowest BCUT2D eigenvalue weighted by molar-refractivity contribution is -0.136. The standard InChI is InChI=1S/C14H16BrN3O2/c1-17(2)10-6-4-9(5-7-10)14-16-11(8-12(19)20)13(15)18(14)3/h4-7H,8H2,1-3H3,(H,19,20). The lowest BCUT2D eigenvalue weighted by Gasteiger charge is -2.12. The molecule has 2 aromatic rings. The minimum Gasteiger partial charge on any atom is -0.481 e. The Morgan fingerprint density at radius 1 is 1.35 bits per heavy atom. The van der Waals surface area contributed by atoms with E-state index in [0.29, 0.717) is 10.3 Å². The second-order valence-corrected chi connectivity index (χ2v) is 5.49. The quantitative estimate of drug-likeness (QED) is 0.931. The average Bonchev–Trinajstić information content (AvgIpc) is 2.67. The molecule has 1 aromatic heterocycles. The number of benzene rings is 1. The minimum atomic E-state index is -0.890. The van der Waals surface area contributed by atoms with E-state index in [1.165, 1.54) is 0 Å². The van der Waals surface area contributed by atoms with Crippen LogP contribution >= 0.6 is 15.9 Å². The van der Waals surface area contributed by atoms with Crippen LogP contribution in [0.25, 0.3) is 11.4 Å². The summed E-state index contributed by atoms with van der Waals surface area (Å²) in [5.74, 6) is -0.142. The van der Waals surface area contributed by atoms with Crippen molar-refractivity contribution in [3.63, 3.8) is 0 Å². The molecule has 6 heteroatoms. The molecule has 0 atom stereocenters. The van der Waals surface area contributed by atoms with Crippen molar-refractivity contribution >= 4 is 27.6 Å². The largest absolute Gasteiger partial charge is 0.481 e. The van der Waals surface area contributed by atoms with Crippen molar-refractivity contribution in [1.29, 1.82) is 0 Å². The molecule has 1 N–H and O–H groups in total. The number of nitrogens with zero attached hydrogens (tertiary/aromatic N) is 3. The first kappa shape index (κ1) is 14.6. The molecule has 0 fully saturated rings. The number of aliphatic carboxylic acids is 1. The van der Waals surface area contributed by atoms with E-state index in [9.17, 15) is 4.79 Å². The maximum Gasteiger partial charge on any atom is 0.309 e. The molecule has 1 aromatic carbocycles. The summed E-state index contributed by atoms with van der Waals surface area (Å²) in [5.41, 5.74) is 2.59. The molecule has 0 amide bonds. The Hall–Kier alpha value is -1.82. The number of aromatic nitrogens is 2. The van der Waals surface area contributed by atoms with E-state index in [-0.39, 0.29) is 6.42 Å². The van der Waals surface area contributed by atoms with E-state index in [1.807, 2.05) is 54.9 Å². The average molecular weight is 338 g/mol. The summed E-state index contributed by atoms with van der Waals surface area (Å²) >= 11 is 3.39. The zero-order valence-corrected chi connectivity index (χ0v) is 13.2. The molecular weight excluding hydrogens is 322 g/mol. The summed E-state index contributed by atoms with van der Waals surface area (Å²) in [7, 11) is 5.83. The van der Waals surface area contributed by atoms with Crippen LogP contribution in [0.5, 0.6) is 0 Å². The van der Waals surface area contributed by atoms with Gasteiger partial charge >= 0.3 is 5.97 Å². The third-order valence-electron chi connectivity index (χ3n) is 3.05. The lowest BCUT2D eigenvalue weighted by atomic mass is 10.2. The molecule has 5 nitrogen and oxygen atoms in total. The van der Waals surface area contributed by atoms with Gasteiger partial charge in [0.15, 0.2) is 0 Å². The van der Waals surface area contributed by atoms with Gasteiger partial charge in [0.25, 0.3) is 0 Å². The minimum absolute atomic E-state index is 0.0931. The summed E-state index contributed by atoms with van der Waals surface area (Å²) in [6.45, 7) is 0. The van der Waals surface area contributed by atoms with Gasteiger partial charge in [-0.2, -0.15) is 0 Å². The first-order chi connectivity index (χ1) is 9.40. The molecule has 1 heterocycles. The van der Waals surface area contributed by atoms with Gasteiger partial charge in [0.2, 0.25) is 0 Å². The fourth-order valence-electron chi connectivity index (χ4n) is 1.96. The zero-order valence-electron chi connectivity index (χ0n) is 11.6. The number of imidazole rings is 1. The van der Waals surface area contributed by atoms with Crippen LogP contribution in [0, 0.1) is 0 Å². The van der Waals surface area contributed by atoms with Crippen molar-refractivity contribution < 1.29 is 9.90 Å². The van der Waals surface area contributed by atoms with E-state index in [0.717, 1.165) is 17.1 Å². The van der Waals surface area contributed by atoms with Crippen LogP contribution in [0.1, 0.15) is 5.69 Å². The Morgan fingerprint density at radius 3 is 2.45 bits per heavy atom. The zero-order chi connectivity index (χ0) is 14.9. The summed E-state index contributed by atoms with van der Waals surface area (Å²) in [6, 6.07) is 7.98. The van der Waals surface area contributed by atoms with Gasteiger partial charge in [-0.25, -0.2) is 4.98 Å². The van der Waals surface area contributed by atoms with Crippen LogP contribution < -0.4 is 4.90 Å². The highest BCUT2D eigenvalue weighted by molar-refractivity contribution is 9.10. The number of carbonyl (C=O) groups is 1. The summed E-state index contributed by atoms with van der Waals surface area (Å²) in [6.07, 6.45) is -0.0931. The van der Waals surface area contributed by atoms with Crippen LogP contribution in [0.3, 0.4) is 0 Å². The second kappa shape index (κ2) is 5.66.